The third-order valence-corrected chi connectivity index (χ3v) is 10.8. The van der Waals surface area contributed by atoms with Crippen molar-refractivity contribution >= 4 is 53.9 Å². The fourth-order valence-electron chi connectivity index (χ4n) is 8.65. The van der Waals surface area contributed by atoms with E-state index in [0.29, 0.717) is 0 Å². The van der Waals surface area contributed by atoms with Crippen molar-refractivity contribution in [3.05, 3.63) is 182 Å². The summed E-state index contributed by atoms with van der Waals surface area (Å²) in [4.78, 5) is 0. The van der Waals surface area contributed by atoms with Crippen molar-refractivity contribution in [3.8, 4) is 56.0 Å². The first-order valence-electron chi connectivity index (χ1n) is 17.6. The number of benzene rings is 10. The first-order chi connectivity index (χ1) is 25.3. The van der Waals surface area contributed by atoms with Crippen LogP contribution >= 0.6 is 0 Å². The molecule has 1 heterocycles. The van der Waals surface area contributed by atoms with Gasteiger partial charge < -0.3 is 4.74 Å². The average Bonchev–Trinajstić information content (AvgIpc) is 3.20. The fraction of sp³-hybridized carbons (Fsp3) is 0. The number of fused-ring (bicyclic) bond motifs is 8. The van der Waals surface area contributed by atoms with E-state index in [1.165, 1.54) is 92.8 Å². The molecule has 0 saturated carbocycles. The van der Waals surface area contributed by atoms with Gasteiger partial charge in [0.15, 0.2) is 0 Å². The Hall–Kier alpha value is -6.70. The van der Waals surface area contributed by atoms with Gasteiger partial charge in [-0.3, -0.25) is 0 Å². The largest absolute Gasteiger partial charge is 0.456 e. The van der Waals surface area contributed by atoms with Gasteiger partial charge in [0.05, 0.1) is 0 Å². The molecule has 0 saturated heterocycles. The van der Waals surface area contributed by atoms with Gasteiger partial charge in [0.1, 0.15) is 11.5 Å². The molecular weight excluding hydrogens is 617 g/mol. The molecule has 0 N–H and O–H groups in total. The second-order valence-corrected chi connectivity index (χ2v) is 13.6. The van der Waals surface area contributed by atoms with Crippen LogP contribution in [0.2, 0.25) is 0 Å². The lowest BCUT2D eigenvalue weighted by molar-refractivity contribution is 0.488. The molecule has 11 rings (SSSR count). The highest BCUT2D eigenvalue weighted by molar-refractivity contribution is 6.29. The highest BCUT2D eigenvalue weighted by Crippen LogP contribution is 2.52. The van der Waals surface area contributed by atoms with E-state index in [-0.39, 0.29) is 0 Å². The number of hydrogen-bond donors (Lipinski definition) is 0. The van der Waals surface area contributed by atoms with Crippen LogP contribution in [0.4, 0.5) is 0 Å². The van der Waals surface area contributed by atoms with Crippen molar-refractivity contribution in [2.24, 2.45) is 0 Å². The predicted octanol–water partition coefficient (Wildman–Crippen LogP) is 14.2. The maximum absolute atomic E-state index is 6.71. The fourth-order valence-corrected chi connectivity index (χ4v) is 8.65. The molecule has 0 amide bonds. The zero-order chi connectivity index (χ0) is 33.5. The summed E-state index contributed by atoms with van der Waals surface area (Å²) in [6, 6.07) is 66.2. The second-order valence-electron chi connectivity index (χ2n) is 13.6. The van der Waals surface area contributed by atoms with Gasteiger partial charge >= 0.3 is 0 Å². The van der Waals surface area contributed by atoms with Gasteiger partial charge in [-0.05, 0) is 106 Å². The molecule has 10 aromatic rings. The smallest absolute Gasteiger partial charge is 0.136 e. The monoisotopic (exact) mass is 646 g/mol. The molecule has 0 fully saturated rings. The van der Waals surface area contributed by atoms with Gasteiger partial charge in [0, 0.05) is 10.9 Å². The predicted molar refractivity (Wildman–Crippen MR) is 216 cm³/mol. The first-order valence-corrected chi connectivity index (χ1v) is 17.6. The highest BCUT2D eigenvalue weighted by atomic mass is 16.5. The van der Waals surface area contributed by atoms with E-state index in [1.807, 2.05) is 0 Å². The maximum Gasteiger partial charge on any atom is 0.136 e. The molecule has 51 heavy (non-hydrogen) atoms. The summed E-state index contributed by atoms with van der Waals surface area (Å²) in [6.45, 7) is 0. The van der Waals surface area contributed by atoms with Gasteiger partial charge in [-0.25, -0.2) is 0 Å². The Labute approximate surface area is 295 Å². The molecule has 0 bridgehead atoms. The van der Waals surface area contributed by atoms with Crippen molar-refractivity contribution < 1.29 is 4.74 Å². The van der Waals surface area contributed by atoms with Crippen LogP contribution in [-0.4, -0.2) is 0 Å². The van der Waals surface area contributed by atoms with Gasteiger partial charge in [0.2, 0.25) is 0 Å². The molecule has 0 spiro atoms. The first kappa shape index (κ1) is 28.2. The molecule has 10 aromatic carbocycles. The molecule has 1 aliphatic rings. The van der Waals surface area contributed by atoms with Crippen molar-refractivity contribution in [2.75, 3.05) is 0 Å². The second kappa shape index (κ2) is 10.9. The van der Waals surface area contributed by atoms with Crippen molar-refractivity contribution in [1.29, 1.82) is 0 Å². The van der Waals surface area contributed by atoms with E-state index < -0.39 is 0 Å². The van der Waals surface area contributed by atoms with Crippen LogP contribution in [0, 0.1) is 0 Å². The van der Waals surface area contributed by atoms with Crippen LogP contribution in [0.25, 0.3) is 98.4 Å². The Morgan fingerprint density at radius 3 is 1.67 bits per heavy atom. The standard InChI is InChI=1S/C50H30O/c1-3-13-31(14-4-1)35-21-11-23-39-37(35)26-27-43-47(40-19-9-10-20-41(40)48(50(39)43)32-15-5-2-6-16-32)34-25-28-45-44(29-34)42-24-12-22-38-36-18-8-7-17-33(36)30-46(51-45)49(38)42/h1-30H. The molecule has 0 aromatic heterocycles. The molecule has 0 aliphatic carbocycles. The molecule has 1 aliphatic heterocycles. The summed E-state index contributed by atoms with van der Waals surface area (Å²) in [7, 11) is 0. The highest BCUT2D eigenvalue weighted by Gasteiger charge is 2.24. The van der Waals surface area contributed by atoms with Crippen LogP contribution in [-0.2, 0) is 0 Å². The van der Waals surface area contributed by atoms with E-state index >= 15 is 0 Å². The van der Waals surface area contributed by atoms with Crippen LogP contribution in [0.5, 0.6) is 11.5 Å². The van der Waals surface area contributed by atoms with Gasteiger partial charge in [-0.2, -0.15) is 0 Å². The van der Waals surface area contributed by atoms with Crippen LogP contribution < -0.4 is 4.74 Å². The minimum Gasteiger partial charge on any atom is -0.456 e. The maximum atomic E-state index is 6.71. The Balaban J connectivity index is 1.25. The van der Waals surface area contributed by atoms with E-state index in [0.717, 1.165) is 17.1 Å². The lowest BCUT2D eigenvalue weighted by Gasteiger charge is -2.24. The quantitative estimate of drug-likeness (QED) is 0.137. The third kappa shape index (κ3) is 4.16. The van der Waals surface area contributed by atoms with Gasteiger partial charge in [-0.15, -0.1) is 0 Å². The van der Waals surface area contributed by atoms with Crippen molar-refractivity contribution in [1.82, 2.24) is 0 Å². The number of ether oxygens (including phenoxy) is 1. The summed E-state index contributed by atoms with van der Waals surface area (Å²) < 4.78 is 6.71. The Kier molecular flexibility index (Phi) is 6.02. The zero-order valence-corrected chi connectivity index (χ0v) is 27.7. The number of rotatable bonds is 3. The van der Waals surface area contributed by atoms with E-state index in [1.54, 1.807) is 0 Å². The van der Waals surface area contributed by atoms with E-state index in [4.69, 9.17) is 4.74 Å². The lowest BCUT2D eigenvalue weighted by atomic mass is 9.82. The zero-order valence-electron chi connectivity index (χ0n) is 27.7. The molecule has 0 unspecified atom stereocenters. The van der Waals surface area contributed by atoms with Gasteiger partial charge in [-0.1, -0.05) is 164 Å². The number of hydrogen-bond acceptors (Lipinski definition) is 1. The average molecular weight is 647 g/mol. The minimum absolute atomic E-state index is 0.890. The SMILES string of the molecule is c1ccc(-c2cccc3c2ccc2c(-c4ccc5c(c4)-c4cccc6c4c(cc4ccccc46)O5)c4ccccc4c(-c4ccccc4)c23)cc1. The minimum atomic E-state index is 0.890. The Bertz CT molecular complexity index is 3030. The van der Waals surface area contributed by atoms with Crippen LogP contribution in [0.3, 0.4) is 0 Å². The molecule has 0 radical (unpaired) electrons. The van der Waals surface area contributed by atoms with Crippen LogP contribution in [0.15, 0.2) is 182 Å². The van der Waals surface area contributed by atoms with E-state index in [2.05, 4.69) is 182 Å². The normalized spacial score (nSPS) is 12.1. The third-order valence-electron chi connectivity index (χ3n) is 10.8. The summed E-state index contributed by atoms with van der Waals surface area (Å²) >= 11 is 0. The summed E-state index contributed by atoms with van der Waals surface area (Å²) in [5.41, 5.74) is 9.71. The lowest BCUT2D eigenvalue weighted by Crippen LogP contribution is -1.98. The van der Waals surface area contributed by atoms with Crippen molar-refractivity contribution in [3.63, 3.8) is 0 Å². The van der Waals surface area contributed by atoms with Crippen LogP contribution in [0.1, 0.15) is 0 Å². The summed E-state index contributed by atoms with van der Waals surface area (Å²) in [5.74, 6) is 1.81. The van der Waals surface area contributed by atoms with E-state index in [9.17, 15) is 0 Å². The molecule has 0 atom stereocenters. The summed E-state index contributed by atoms with van der Waals surface area (Å²) in [6.07, 6.45) is 0. The molecule has 1 heteroatoms. The topological polar surface area (TPSA) is 9.23 Å². The Morgan fingerprint density at radius 2 is 0.882 bits per heavy atom. The molecular formula is C50H30O. The summed E-state index contributed by atoms with van der Waals surface area (Å²) in [5, 5.41) is 12.4. The van der Waals surface area contributed by atoms with Gasteiger partial charge in [0.25, 0.3) is 0 Å². The Morgan fingerprint density at radius 1 is 0.275 bits per heavy atom. The molecule has 1 nitrogen and oxygen atoms in total. The molecule has 236 valence electrons. The van der Waals surface area contributed by atoms with Crippen molar-refractivity contribution in [2.45, 2.75) is 0 Å².